The summed E-state index contributed by atoms with van der Waals surface area (Å²) in [4.78, 5) is 14.3. The van der Waals surface area contributed by atoms with Gasteiger partial charge in [-0.1, -0.05) is 30.3 Å². The highest BCUT2D eigenvalue weighted by Crippen LogP contribution is 2.34. The summed E-state index contributed by atoms with van der Waals surface area (Å²) >= 11 is 0. The van der Waals surface area contributed by atoms with E-state index in [0.29, 0.717) is 12.5 Å². The zero-order chi connectivity index (χ0) is 13.0. The van der Waals surface area contributed by atoms with Crippen molar-refractivity contribution in [1.82, 2.24) is 4.90 Å². The molecule has 0 bridgehead atoms. The molecule has 1 aromatic rings. The van der Waals surface area contributed by atoms with Crippen molar-refractivity contribution in [3.63, 3.8) is 0 Å². The first-order chi connectivity index (χ1) is 8.68. The monoisotopic (exact) mass is 245 g/mol. The van der Waals surface area contributed by atoms with E-state index < -0.39 is 0 Å². The van der Waals surface area contributed by atoms with Crippen molar-refractivity contribution in [3.05, 3.63) is 35.9 Å². The summed E-state index contributed by atoms with van der Waals surface area (Å²) in [6, 6.07) is 10.3. The number of rotatable bonds is 7. The molecule has 18 heavy (non-hydrogen) atoms. The Hall–Kier alpha value is -1.15. The Morgan fingerprint density at radius 3 is 2.61 bits per heavy atom. The van der Waals surface area contributed by atoms with Gasteiger partial charge in [-0.15, -0.1) is 0 Å². The first-order valence-corrected chi connectivity index (χ1v) is 6.97. The van der Waals surface area contributed by atoms with Crippen LogP contribution in [0.5, 0.6) is 0 Å². The predicted octanol–water partition coefficient (Wildman–Crippen LogP) is 3.38. The van der Waals surface area contributed by atoms with E-state index in [2.05, 4.69) is 18.9 Å². The van der Waals surface area contributed by atoms with Crippen LogP contribution >= 0.6 is 0 Å². The van der Waals surface area contributed by atoms with Crippen molar-refractivity contribution in [2.24, 2.45) is 5.92 Å². The standard InChI is InChI=1S/C16H23NO/c1-13(14-10-11-14)17(2)12-6-9-16(18)15-7-4-3-5-8-15/h3-5,7-8,13-14H,6,9-12H2,1-2H3. The number of hydrogen-bond acceptors (Lipinski definition) is 2. The molecule has 0 aromatic heterocycles. The smallest absolute Gasteiger partial charge is 0.162 e. The third kappa shape index (κ3) is 3.67. The van der Waals surface area contributed by atoms with Crippen LogP contribution in [0.4, 0.5) is 0 Å². The molecule has 1 aromatic carbocycles. The second-order valence-electron chi connectivity index (χ2n) is 5.45. The molecule has 2 heteroatoms. The van der Waals surface area contributed by atoms with Gasteiger partial charge in [-0.05, 0) is 45.7 Å². The molecule has 1 aliphatic rings. The SMILES string of the molecule is CC(C1CC1)N(C)CCCC(=O)c1ccccc1. The van der Waals surface area contributed by atoms with Crippen LogP contribution in [-0.2, 0) is 0 Å². The number of ketones is 1. The number of nitrogens with zero attached hydrogens (tertiary/aromatic N) is 1. The molecular weight excluding hydrogens is 222 g/mol. The predicted molar refractivity (Wildman–Crippen MR) is 74.8 cm³/mol. The lowest BCUT2D eigenvalue weighted by atomic mass is 10.1. The van der Waals surface area contributed by atoms with Crippen LogP contribution in [-0.4, -0.2) is 30.3 Å². The molecular formula is C16H23NO. The normalized spacial score (nSPS) is 16.8. The van der Waals surface area contributed by atoms with Crippen molar-refractivity contribution in [1.29, 1.82) is 0 Å². The molecule has 1 atom stereocenters. The molecule has 0 radical (unpaired) electrons. The van der Waals surface area contributed by atoms with E-state index in [1.807, 2.05) is 30.3 Å². The average Bonchev–Trinajstić information content (AvgIpc) is 3.23. The summed E-state index contributed by atoms with van der Waals surface area (Å²) in [5, 5.41) is 0. The molecule has 0 amide bonds. The number of benzene rings is 1. The molecule has 2 rings (SSSR count). The van der Waals surface area contributed by atoms with Gasteiger partial charge < -0.3 is 4.90 Å². The van der Waals surface area contributed by atoms with Gasteiger partial charge in [0.25, 0.3) is 0 Å². The minimum absolute atomic E-state index is 0.267. The fourth-order valence-corrected chi connectivity index (χ4v) is 2.40. The van der Waals surface area contributed by atoms with Crippen molar-refractivity contribution < 1.29 is 4.79 Å². The maximum absolute atomic E-state index is 11.9. The molecule has 1 unspecified atom stereocenters. The largest absolute Gasteiger partial charge is 0.303 e. The maximum atomic E-state index is 11.9. The summed E-state index contributed by atoms with van der Waals surface area (Å²) in [5.41, 5.74) is 0.843. The topological polar surface area (TPSA) is 20.3 Å². The van der Waals surface area contributed by atoms with Crippen molar-refractivity contribution in [3.8, 4) is 0 Å². The molecule has 1 aliphatic carbocycles. The van der Waals surface area contributed by atoms with Gasteiger partial charge in [0.1, 0.15) is 0 Å². The van der Waals surface area contributed by atoms with Gasteiger partial charge in [0.15, 0.2) is 5.78 Å². The lowest BCUT2D eigenvalue weighted by Crippen LogP contribution is -2.31. The minimum atomic E-state index is 0.267. The summed E-state index contributed by atoms with van der Waals surface area (Å²) in [7, 11) is 2.18. The van der Waals surface area contributed by atoms with Crippen LogP contribution in [0, 0.1) is 5.92 Å². The molecule has 98 valence electrons. The van der Waals surface area contributed by atoms with E-state index in [1.54, 1.807) is 0 Å². The summed E-state index contributed by atoms with van der Waals surface area (Å²) < 4.78 is 0. The Kier molecular flexibility index (Phi) is 4.54. The van der Waals surface area contributed by atoms with Crippen LogP contribution in [0.25, 0.3) is 0 Å². The quantitative estimate of drug-likeness (QED) is 0.686. The molecule has 2 nitrogen and oxygen atoms in total. The van der Waals surface area contributed by atoms with E-state index in [4.69, 9.17) is 0 Å². The van der Waals surface area contributed by atoms with Crippen LogP contribution in [0.2, 0.25) is 0 Å². The van der Waals surface area contributed by atoms with Crippen molar-refractivity contribution in [2.45, 2.75) is 38.6 Å². The second-order valence-corrected chi connectivity index (χ2v) is 5.45. The van der Waals surface area contributed by atoms with Crippen molar-refractivity contribution in [2.75, 3.05) is 13.6 Å². The van der Waals surface area contributed by atoms with E-state index in [9.17, 15) is 4.79 Å². The molecule has 1 fully saturated rings. The molecule has 0 heterocycles. The minimum Gasteiger partial charge on any atom is -0.303 e. The Balaban J connectivity index is 1.70. The van der Waals surface area contributed by atoms with Gasteiger partial charge in [-0.3, -0.25) is 4.79 Å². The Labute approximate surface area is 110 Å². The van der Waals surface area contributed by atoms with Gasteiger partial charge in [0.2, 0.25) is 0 Å². The summed E-state index contributed by atoms with van der Waals surface area (Å²) in [6.07, 6.45) is 4.38. The van der Waals surface area contributed by atoms with Crippen LogP contribution in [0.15, 0.2) is 30.3 Å². The highest BCUT2D eigenvalue weighted by molar-refractivity contribution is 5.95. The maximum Gasteiger partial charge on any atom is 0.162 e. The first-order valence-electron chi connectivity index (χ1n) is 6.97. The number of Topliss-reactive ketones (excluding diaryl/α,β-unsaturated/α-hetero) is 1. The molecule has 0 spiro atoms. The zero-order valence-electron chi connectivity index (χ0n) is 11.4. The molecule has 1 saturated carbocycles. The molecule has 0 aliphatic heterocycles. The van der Waals surface area contributed by atoms with Gasteiger partial charge >= 0.3 is 0 Å². The summed E-state index contributed by atoms with van der Waals surface area (Å²) in [6.45, 7) is 3.33. The fraction of sp³-hybridized carbons (Fsp3) is 0.562. The fourth-order valence-electron chi connectivity index (χ4n) is 2.40. The Bertz CT molecular complexity index is 383. The average molecular weight is 245 g/mol. The van der Waals surface area contributed by atoms with Gasteiger partial charge in [0, 0.05) is 18.0 Å². The van der Waals surface area contributed by atoms with E-state index in [0.717, 1.165) is 24.4 Å². The van der Waals surface area contributed by atoms with Gasteiger partial charge in [0.05, 0.1) is 0 Å². The van der Waals surface area contributed by atoms with Gasteiger partial charge in [-0.2, -0.15) is 0 Å². The lowest BCUT2D eigenvalue weighted by Gasteiger charge is -2.24. The third-order valence-electron chi connectivity index (χ3n) is 4.01. The van der Waals surface area contributed by atoms with Crippen LogP contribution in [0.1, 0.15) is 43.0 Å². The lowest BCUT2D eigenvalue weighted by molar-refractivity contribution is 0.0973. The third-order valence-corrected chi connectivity index (χ3v) is 4.01. The van der Waals surface area contributed by atoms with E-state index >= 15 is 0 Å². The Morgan fingerprint density at radius 1 is 1.33 bits per heavy atom. The van der Waals surface area contributed by atoms with E-state index in [-0.39, 0.29) is 5.78 Å². The number of carbonyl (C=O) groups is 1. The molecule has 0 saturated heterocycles. The number of hydrogen-bond donors (Lipinski definition) is 0. The van der Waals surface area contributed by atoms with Crippen LogP contribution in [0.3, 0.4) is 0 Å². The Morgan fingerprint density at radius 2 is 2.00 bits per heavy atom. The van der Waals surface area contributed by atoms with E-state index in [1.165, 1.54) is 12.8 Å². The molecule has 0 N–H and O–H groups in total. The highest BCUT2D eigenvalue weighted by atomic mass is 16.1. The van der Waals surface area contributed by atoms with Crippen molar-refractivity contribution >= 4 is 5.78 Å². The summed E-state index contributed by atoms with van der Waals surface area (Å²) in [5.74, 6) is 1.17. The zero-order valence-corrected chi connectivity index (χ0v) is 11.4. The van der Waals surface area contributed by atoms with Gasteiger partial charge in [-0.25, -0.2) is 0 Å². The second kappa shape index (κ2) is 6.14. The highest BCUT2D eigenvalue weighted by Gasteiger charge is 2.30. The van der Waals surface area contributed by atoms with Crippen LogP contribution < -0.4 is 0 Å². The number of carbonyl (C=O) groups excluding carboxylic acids is 1. The first kappa shape index (κ1) is 13.3.